The molecule has 1 saturated heterocycles. The fourth-order valence-corrected chi connectivity index (χ4v) is 4.55. The van der Waals surface area contributed by atoms with Gasteiger partial charge in [-0.1, -0.05) is 48.2 Å². The minimum atomic E-state index is -4.46. The molecular formula is C28H33Cl2F3N4O2. The van der Waals surface area contributed by atoms with Gasteiger partial charge in [0.15, 0.2) is 0 Å². The number of hydrogen-bond donors (Lipinski definition) is 2. The van der Waals surface area contributed by atoms with Crippen LogP contribution in [-0.2, 0) is 11.0 Å². The number of unbranched alkanes of at least 4 members (excludes halogenated alkanes) is 3. The summed E-state index contributed by atoms with van der Waals surface area (Å²) in [6.07, 6.45) is 3.44. The highest BCUT2D eigenvalue weighted by Gasteiger charge is 2.30. The molecule has 0 unspecified atom stereocenters. The average Bonchev–Trinajstić information content (AvgIpc) is 3.14. The average molecular weight is 585 g/mol. The summed E-state index contributed by atoms with van der Waals surface area (Å²) in [7, 11) is 0. The molecule has 11 heteroatoms. The predicted molar refractivity (Wildman–Crippen MR) is 150 cm³/mol. The number of nitrogens with zero attached hydrogens (tertiary/aromatic N) is 2. The van der Waals surface area contributed by atoms with Crippen LogP contribution >= 0.6 is 23.2 Å². The van der Waals surface area contributed by atoms with Crippen LogP contribution in [0.3, 0.4) is 0 Å². The first-order valence-electron chi connectivity index (χ1n) is 13.0. The van der Waals surface area contributed by atoms with Gasteiger partial charge < -0.3 is 20.4 Å². The summed E-state index contributed by atoms with van der Waals surface area (Å²) in [5.74, 6) is -0.160. The highest BCUT2D eigenvalue weighted by molar-refractivity contribution is 6.42. The zero-order valence-corrected chi connectivity index (χ0v) is 23.1. The lowest BCUT2D eigenvalue weighted by Crippen LogP contribution is -2.38. The second-order valence-corrected chi connectivity index (χ2v) is 10.2. The van der Waals surface area contributed by atoms with Gasteiger partial charge in [-0.15, -0.1) is 0 Å². The summed E-state index contributed by atoms with van der Waals surface area (Å²) >= 11 is 11.9. The first-order valence-corrected chi connectivity index (χ1v) is 13.7. The number of carbonyl (C=O) groups excluding carboxylic acids is 2. The van der Waals surface area contributed by atoms with E-state index in [0.29, 0.717) is 29.7 Å². The molecule has 2 N–H and O–H groups in total. The van der Waals surface area contributed by atoms with E-state index >= 15 is 0 Å². The van der Waals surface area contributed by atoms with Crippen LogP contribution in [0.1, 0.15) is 43.2 Å². The highest BCUT2D eigenvalue weighted by atomic mass is 35.5. The fraction of sp³-hybridized carbons (Fsp3) is 0.429. The smallest absolute Gasteiger partial charge is 0.353 e. The second kappa shape index (κ2) is 15.1. The Bertz CT molecular complexity index is 1140. The van der Waals surface area contributed by atoms with Crippen LogP contribution in [0.25, 0.3) is 6.08 Å². The van der Waals surface area contributed by atoms with Crippen molar-refractivity contribution in [1.29, 1.82) is 0 Å². The SMILES string of the molecule is O=C(/C=C/c1ccc(Cl)c(Cl)c1)NCCCCCCN1CCCN(C(=O)Nc2cccc(C(F)(F)F)c2)CC1. The van der Waals surface area contributed by atoms with Crippen molar-refractivity contribution < 1.29 is 22.8 Å². The first kappa shape index (κ1) is 30.8. The summed E-state index contributed by atoms with van der Waals surface area (Å²) in [5, 5.41) is 6.38. The Morgan fingerprint density at radius 3 is 2.49 bits per heavy atom. The van der Waals surface area contributed by atoms with Gasteiger partial charge in [0.05, 0.1) is 15.6 Å². The Hall–Kier alpha value is -2.75. The Morgan fingerprint density at radius 2 is 1.72 bits per heavy atom. The fourth-order valence-electron chi connectivity index (χ4n) is 4.25. The third kappa shape index (κ3) is 10.7. The molecule has 1 aliphatic heterocycles. The molecular weight excluding hydrogens is 552 g/mol. The van der Waals surface area contributed by atoms with Gasteiger partial charge in [-0.25, -0.2) is 4.79 Å². The highest BCUT2D eigenvalue weighted by Crippen LogP contribution is 2.30. The molecule has 0 radical (unpaired) electrons. The zero-order valence-electron chi connectivity index (χ0n) is 21.6. The molecule has 2 aromatic carbocycles. The number of rotatable bonds is 10. The summed E-state index contributed by atoms with van der Waals surface area (Å²) in [6.45, 7) is 4.19. The summed E-state index contributed by atoms with van der Waals surface area (Å²) in [4.78, 5) is 28.6. The molecule has 0 aromatic heterocycles. The van der Waals surface area contributed by atoms with Gasteiger partial charge in [0, 0.05) is 37.9 Å². The van der Waals surface area contributed by atoms with Crippen molar-refractivity contribution in [1.82, 2.24) is 15.1 Å². The summed E-state index contributed by atoms with van der Waals surface area (Å²) < 4.78 is 38.8. The van der Waals surface area contributed by atoms with Crippen molar-refractivity contribution in [3.63, 3.8) is 0 Å². The Balaban J connectivity index is 1.27. The van der Waals surface area contributed by atoms with E-state index in [1.807, 2.05) is 0 Å². The summed E-state index contributed by atoms with van der Waals surface area (Å²) in [6, 6.07) is 9.45. The number of alkyl halides is 3. The lowest BCUT2D eigenvalue weighted by molar-refractivity contribution is -0.137. The van der Waals surface area contributed by atoms with E-state index in [2.05, 4.69) is 15.5 Å². The number of anilines is 1. The van der Waals surface area contributed by atoms with Gasteiger partial charge in [0.25, 0.3) is 0 Å². The molecule has 3 rings (SSSR count). The van der Waals surface area contributed by atoms with E-state index in [9.17, 15) is 22.8 Å². The Labute approximate surface area is 237 Å². The van der Waals surface area contributed by atoms with E-state index in [1.165, 1.54) is 18.2 Å². The lowest BCUT2D eigenvalue weighted by Gasteiger charge is -2.22. The maximum atomic E-state index is 12.9. The van der Waals surface area contributed by atoms with Crippen LogP contribution in [0.2, 0.25) is 10.0 Å². The molecule has 0 spiro atoms. The van der Waals surface area contributed by atoms with Gasteiger partial charge in [-0.05, 0) is 74.3 Å². The maximum Gasteiger partial charge on any atom is 0.416 e. The van der Waals surface area contributed by atoms with Crippen molar-refractivity contribution in [2.45, 2.75) is 38.3 Å². The molecule has 3 amide bonds. The molecule has 0 bridgehead atoms. The second-order valence-electron chi connectivity index (χ2n) is 9.40. The molecule has 1 heterocycles. The van der Waals surface area contributed by atoms with Crippen LogP contribution in [0.5, 0.6) is 0 Å². The number of carbonyl (C=O) groups is 2. The topological polar surface area (TPSA) is 64.7 Å². The van der Waals surface area contributed by atoms with Gasteiger partial charge in [-0.3, -0.25) is 4.79 Å². The van der Waals surface area contributed by atoms with Crippen LogP contribution in [-0.4, -0.2) is 61.0 Å². The monoisotopic (exact) mass is 584 g/mol. The molecule has 39 heavy (non-hydrogen) atoms. The van der Waals surface area contributed by atoms with E-state index in [1.54, 1.807) is 29.2 Å². The third-order valence-electron chi connectivity index (χ3n) is 6.39. The Kier molecular flexibility index (Phi) is 12.0. The summed E-state index contributed by atoms with van der Waals surface area (Å²) in [5.41, 5.74) is 0.142. The molecule has 2 aromatic rings. The van der Waals surface area contributed by atoms with Crippen LogP contribution in [0, 0.1) is 0 Å². The molecule has 1 aliphatic rings. The quantitative estimate of drug-likeness (QED) is 0.235. The predicted octanol–water partition coefficient (Wildman–Crippen LogP) is 6.94. The number of nitrogens with one attached hydrogen (secondary N) is 2. The molecule has 0 saturated carbocycles. The first-order chi connectivity index (χ1) is 18.6. The van der Waals surface area contributed by atoms with Gasteiger partial charge in [-0.2, -0.15) is 13.2 Å². The van der Waals surface area contributed by atoms with Crippen molar-refractivity contribution >= 4 is 46.9 Å². The van der Waals surface area contributed by atoms with Gasteiger partial charge in [0.1, 0.15) is 0 Å². The van der Waals surface area contributed by atoms with Gasteiger partial charge >= 0.3 is 12.2 Å². The molecule has 0 atom stereocenters. The maximum absolute atomic E-state index is 12.9. The number of hydrogen-bond acceptors (Lipinski definition) is 3. The van der Waals surface area contributed by atoms with Crippen molar-refractivity contribution in [3.8, 4) is 0 Å². The van der Waals surface area contributed by atoms with E-state index < -0.39 is 11.7 Å². The molecule has 6 nitrogen and oxygen atoms in total. The Morgan fingerprint density at radius 1 is 0.923 bits per heavy atom. The number of halogens is 5. The number of urea groups is 1. The normalized spacial score (nSPS) is 14.8. The largest absolute Gasteiger partial charge is 0.416 e. The van der Waals surface area contributed by atoms with Gasteiger partial charge in [0.2, 0.25) is 5.91 Å². The lowest BCUT2D eigenvalue weighted by atomic mass is 10.2. The van der Waals surface area contributed by atoms with E-state index in [4.69, 9.17) is 23.2 Å². The van der Waals surface area contributed by atoms with Crippen LogP contribution in [0.15, 0.2) is 48.5 Å². The zero-order chi connectivity index (χ0) is 28.3. The number of benzene rings is 2. The standard InChI is InChI=1S/C28H33Cl2F3N4O2/c29-24-11-9-21(19-25(24)30)10-12-26(38)34-13-3-1-2-4-14-36-15-6-16-37(18-17-36)27(39)35-23-8-5-7-22(20-23)28(31,32)33/h5,7-12,19-20H,1-4,6,13-18H2,(H,34,38)(H,35,39)/b12-10+. The van der Waals surface area contributed by atoms with E-state index in [0.717, 1.165) is 69.4 Å². The minimum Gasteiger partial charge on any atom is -0.353 e. The van der Waals surface area contributed by atoms with E-state index in [-0.39, 0.29) is 17.6 Å². The molecule has 0 aliphatic carbocycles. The number of amides is 3. The third-order valence-corrected chi connectivity index (χ3v) is 7.13. The van der Waals surface area contributed by atoms with Crippen LogP contribution < -0.4 is 10.6 Å². The minimum absolute atomic E-state index is 0.134. The van der Waals surface area contributed by atoms with Crippen molar-refractivity contribution in [3.05, 3.63) is 69.7 Å². The molecule has 212 valence electrons. The van der Waals surface area contributed by atoms with Crippen molar-refractivity contribution in [2.75, 3.05) is 44.6 Å². The van der Waals surface area contributed by atoms with Crippen molar-refractivity contribution in [2.24, 2.45) is 0 Å². The van der Waals surface area contributed by atoms with Crippen LogP contribution in [0.4, 0.5) is 23.7 Å². The molecule has 1 fully saturated rings.